The minimum absolute atomic E-state index is 0.105. The van der Waals surface area contributed by atoms with Crippen molar-refractivity contribution < 1.29 is 9.53 Å². The van der Waals surface area contributed by atoms with Gasteiger partial charge < -0.3 is 4.74 Å². The molecule has 0 bridgehead atoms. The lowest BCUT2D eigenvalue weighted by Crippen LogP contribution is -2.54. The molecule has 2 aromatic rings. The van der Waals surface area contributed by atoms with Gasteiger partial charge in [-0.25, -0.2) is 0 Å². The van der Waals surface area contributed by atoms with Gasteiger partial charge in [0.2, 0.25) is 0 Å². The summed E-state index contributed by atoms with van der Waals surface area (Å²) in [7, 11) is 0. The Bertz CT molecular complexity index is 1150. The Hall–Kier alpha value is -2.19. The van der Waals surface area contributed by atoms with Gasteiger partial charge >= 0.3 is 0 Å². The standard InChI is InChI=1S/C35H44O2/c1-25(36)35(23-26-10-6-4-7-11-26)21-18-32-30-15-14-28-22-29(37-24-27-12-8-5-9-13-27)16-19-33(28,2)31(30)17-20-34(32,35)3/h4-14,29-32H,15-24H2,1-3H3/t29-,30?,31?,32?,33?,34?,35?/m0/s1. The predicted molar refractivity (Wildman–Crippen MR) is 150 cm³/mol. The van der Waals surface area contributed by atoms with Crippen molar-refractivity contribution in [1.29, 1.82) is 0 Å². The molecule has 0 aliphatic heterocycles. The number of hydrogen-bond donors (Lipinski definition) is 0. The summed E-state index contributed by atoms with van der Waals surface area (Å²) in [5.74, 6) is 2.54. The maximum absolute atomic E-state index is 13.5. The van der Waals surface area contributed by atoms with Gasteiger partial charge in [-0.05, 0) is 104 Å². The second-order valence-corrected chi connectivity index (χ2v) is 13.2. The lowest BCUT2D eigenvalue weighted by atomic mass is 9.45. The fourth-order valence-corrected chi connectivity index (χ4v) is 9.63. The molecule has 2 aromatic carbocycles. The molecule has 0 spiro atoms. The SMILES string of the molecule is CC(=O)C1(Cc2ccccc2)CCC2C3CC=C4C[C@@H](OCc5ccccc5)CCC4(C)C3CCC21C. The number of ketones is 1. The van der Waals surface area contributed by atoms with Gasteiger partial charge in [-0.1, -0.05) is 86.2 Å². The molecule has 37 heavy (non-hydrogen) atoms. The normalized spacial score (nSPS) is 38.7. The smallest absolute Gasteiger partial charge is 0.136 e. The van der Waals surface area contributed by atoms with Gasteiger partial charge in [-0.15, -0.1) is 0 Å². The van der Waals surface area contributed by atoms with Crippen molar-refractivity contribution in [3.8, 4) is 0 Å². The molecule has 6 unspecified atom stereocenters. The van der Waals surface area contributed by atoms with E-state index in [1.807, 2.05) is 6.92 Å². The zero-order chi connectivity index (χ0) is 25.7. The number of fused-ring (bicyclic) bond motifs is 5. The van der Waals surface area contributed by atoms with Crippen LogP contribution >= 0.6 is 0 Å². The summed E-state index contributed by atoms with van der Waals surface area (Å²) in [5, 5.41) is 0. The Morgan fingerprint density at radius 2 is 1.54 bits per heavy atom. The first-order chi connectivity index (χ1) is 17.9. The van der Waals surface area contributed by atoms with Crippen LogP contribution in [0.5, 0.6) is 0 Å². The minimum atomic E-state index is -0.210. The van der Waals surface area contributed by atoms with E-state index in [1.165, 1.54) is 43.2 Å². The molecule has 2 heteroatoms. The number of rotatable bonds is 6. The average Bonchev–Trinajstić information content (AvgIpc) is 3.21. The molecule has 0 N–H and O–H groups in total. The van der Waals surface area contributed by atoms with Gasteiger partial charge in [0.05, 0.1) is 12.7 Å². The molecule has 0 heterocycles. The molecular weight excluding hydrogens is 452 g/mol. The van der Waals surface area contributed by atoms with E-state index in [9.17, 15) is 4.79 Å². The summed E-state index contributed by atoms with van der Waals surface area (Å²) in [6.45, 7) is 7.68. The molecule has 196 valence electrons. The number of carbonyl (C=O) groups is 1. The predicted octanol–water partition coefficient (Wildman–Crippen LogP) is 8.35. The van der Waals surface area contributed by atoms with Crippen molar-refractivity contribution in [3.63, 3.8) is 0 Å². The van der Waals surface area contributed by atoms with Crippen LogP contribution < -0.4 is 0 Å². The third kappa shape index (κ3) is 4.06. The molecule has 0 amide bonds. The molecule has 2 nitrogen and oxygen atoms in total. The molecule has 6 rings (SSSR count). The Morgan fingerprint density at radius 1 is 0.865 bits per heavy atom. The average molecular weight is 497 g/mol. The zero-order valence-corrected chi connectivity index (χ0v) is 23.0. The molecule has 4 aliphatic rings. The summed E-state index contributed by atoms with van der Waals surface area (Å²) >= 11 is 0. The third-order valence-corrected chi connectivity index (χ3v) is 11.8. The fourth-order valence-electron chi connectivity index (χ4n) is 9.63. The van der Waals surface area contributed by atoms with E-state index in [-0.39, 0.29) is 10.8 Å². The Kier molecular flexibility index (Phi) is 6.46. The summed E-state index contributed by atoms with van der Waals surface area (Å²) in [5.41, 5.74) is 4.46. The molecule has 0 aromatic heterocycles. The summed E-state index contributed by atoms with van der Waals surface area (Å²) < 4.78 is 6.42. The van der Waals surface area contributed by atoms with Crippen LogP contribution in [-0.4, -0.2) is 11.9 Å². The minimum Gasteiger partial charge on any atom is -0.373 e. The van der Waals surface area contributed by atoms with Crippen molar-refractivity contribution in [2.24, 2.45) is 34.0 Å². The van der Waals surface area contributed by atoms with E-state index in [1.54, 1.807) is 5.57 Å². The first-order valence-corrected chi connectivity index (χ1v) is 14.8. The van der Waals surface area contributed by atoms with Gasteiger partial charge in [0, 0.05) is 5.41 Å². The lowest BCUT2D eigenvalue weighted by Gasteiger charge is -2.59. The van der Waals surface area contributed by atoms with Crippen molar-refractivity contribution in [2.75, 3.05) is 0 Å². The van der Waals surface area contributed by atoms with E-state index in [4.69, 9.17) is 4.74 Å². The number of Topliss-reactive ketones (excluding diaryl/α,β-unsaturated/α-hetero) is 1. The van der Waals surface area contributed by atoms with E-state index in [0.29, 0.717) is 29.1 Å². The molecule has 0 radical (unpaired) electrons. The first-order valence-electron chi connectivity index (χ1n) is 14.8. The van der Waals surface area contributed by atoms with E-state index < -0.39 is 0 Å². The number of ether oxygens (including phenoxy) is 1. The maximum atomic E-state index is 13.5. The van der Waals surface area contributed by atoms with Crippen molar-refractivity contribution in [2.45, 2.75) is 91.3 Å². The van der Waals surface area contributed by atoms with E-state index >= 15 is 0 Å². The topological polar surface area (TPSA) is 26.3 Å². The van der Waals surface area contributed by atoms with Crippen LogP contribution in [-0.2, 0) is 22.6 Å². The highest BCUT2D eigenvalue weighted by molar-refractivity contribution is 5.84. The van der Waals surface area contributed by atoms with E-state index in [0.717, 1.165) is 38.2 Å². The molecule has 4 aliphatic carbocycles. The van der Waals surface area contributed by atoms with Crippen molar-refractivity contribution >= 4 is 5.78 Å². The van der Waals surface area contributed by atoms with Gasteiger partial charge in [-0.2, -0.15) is 0 Å². The highest BCUT2D eigenvalue weighted by Crippen LogP contribution is 2.70. The Morgan fingerprint density at radius 3 is 2.24 bits per heavy atom. The fraction of sp³-hybridized carbons (Fsp3) is 0.571. The summed E-state index contributed by atoms with van der Waals surface area (Å²) in [6.07, 6.45) is 13.3. The van der Waals surface area contributed by atoms with Crippen LogP contribution in [0.25, 0.3) is 0 Å². The Balaban J connectivity index is 1.21. The molecule has 3 fully saturated rings. The quantitative estimate of drug-likeness (QED) is 0.376. The zero-order valence-electron chi connectivity index (χ0n) is 23.0. The van der Waals surface area contributed by atoms with Crippen LogP contribution in [0.1, 0.15) is 83.3 Å². The van der Waals surface area contributed by atoms with Gasteiger partial charge in [0.1, 0.15) is 5.78 Å². The van der Waals surface area contributed by atoms with Crippen LogP contribution in [0.2, 0.25) is 0 Å². The molecule has 0 saturated heterocycles. The van der Waals surface area contributed by atoms with Gasteiger partial charge in [-0.3, -0.25) is 4.79 Å². The van der Waals surface area contributed by atoms with Crippen molar-refractivity contribution in [3.05, 3.63) is 83.4 Å². The Labute approximate surface area is 223 Å². The number of carbonyl (C=O) groups excluding carboxylic acids is 1. The number of benzene rings is 2. The second kappa shape index (κ2) is 9.53. The maximum Gasteiger partial charge on any atom is 0.136 e. The van der Waals surface area contributed by atoms with E-state index in [2.05, 4.69) is 80.6 Å². The largest absolute Gasteiger partial charge is 0.373 e. The lowest BCUT2D eigenvalue weighted by molar-refractivity contribution is -0.140. The van der Waals surface area contributed by atoms with Crippen LogP contribution in [0.15, 0.2) is 72.3 Å². The molecule has 7 atom stereocenters. The highest BCUT2D eigenvalue weighted by atomic mass is 16.5. The molecule has 3 saturated carbocycles. The third-order valence-electron chi connectivity index (χ3n) is 11.8. The number of hydrogen-bond acceptors (Lipinski definition) is 2. The van der Waals surface area contributed by atoms with Gasteiger partial charge in [0.15, 0.2) is 0 Å². The van der Waals surface area contributed by atoms with Crippen molar-refractivity contribution in [1.82, 2.24) is 0 Å². The van der Waals surface area contributed by atoms with Crippen LogP contribution in [0, 0.1) is 34.0 Å². The summed E-state index contributed by atoms with van der Waals surface area (Å²) in [4.78, 5) is 13.5. The van der Waals surface area contributed by atoms with Gasteiger partial charge in [0.25, 0.3) is 0 Å². The summed E-state index contributed by atoms with van der Waals surface area (Å²) in [6, 6.07) is 21.4. The van der Waals surface area contributed by atoms with Crippen LogP contribution in [0.4, 0.5) is 0 Å². The first kappa shape index (κ1) is 25.1. The number of allylic oxidation sites excluding steroid dienone is 1. The monoisotopic (exact) mass is 496 g/mol. The second-order valence-electron chi connectivity index (χ2n) is 13.2. The molecular formula is C35H44O2. The van der Waals surface area contributed by atoms with Crippen LogP contribution in [0.3, 0.4) is 0 Å². The highest BCUT2D eigenvalue weighted by Gasteiger charge is 2.65.